The van der Waals surface area contributed by atoms with Crippen molar-refractivity contribution in [2.75, 3.05) is 18.0 Å². The van der Waals surface area contributed by atoms with Gasteiger partial charge >= 0.3 is 0 Å². The molecule has 5 rings (SSSR count). The fourth-order valence-electron chi connectivity index (χ4n) is 4.17. The van der Waals surface area contributed by atoms with Crippen LogP contribution >= 0.6 is 0 Å². The minimum atomic E-state index is 0.124. The van der Waals surface area contributed by atoms with E-state index in [9.17, 15) is 4.79 Å². The average molecular weight is 307 g/mol. The highest BCUT2D eigenvalue weighted by Crippen LogP contribution is 2.37. The van der Waals surface area contributed by atoms with Crippen LogP contribution in [-0.4, -0.2) is 32.6 Å². The van der Waals surface area contributed by atoms with Gasteiger partial charge in [0.15, 0.2) is 5.82 Å². The molecule has 5 heterocycles. The summed E-state index contributed by atoms with van der Waals surface area (Å²) in [5.74, 6) is 1.85. The summed E-state index contributed by atoms with van der Waals surface area (Å²) in [4.78, 5) is 26.5. The maximum absolute atomic E-state index is 12.1. The summed E-state index contributed by atoms with van der Waals surface area (Å²) >= 11 is 0. The molecule has 0 aromatic carbocycles. The third-order valence-corrected chi connectivity index (χ3v) is 5.10. The molecule has 0 unspecified atom stereocenters. The van der Waals surface area contributed by atoms with Crippen LogP contribution in [0.2, 0.25) is 0 Å². The van der Waals surface area contributed by atoms with Gasteiger partial charge in [0.1, 0.15) is 11.8 Å². The first-order valence-electron chi connectivity index (χ1n) is 8.02. The molecule has 0 amide bonds. The Kier molecular flexibility index (Phi) is 2.62. The second-order valence-corrected chi connectivity index (χ2v) is 6.54. The van der Waals surface area contributed by atoms with Gasteiger partial charge in [0.25, 0.3) is 5.56 Å². The number of rotatable bonds is 1. The van der Waals surface area contributed by atoms with Gasteiger partial charge < -0.3 is 14.5 Å². The van der Waals surface area contributed by atoms with Crippen molar-refractivity contribution < 1.29 is 0 Å². The first-order chi connectivity index (χ1) is 11.3. The zero-order valence-corrected chi connectivity index (χ0v) is 12.6. The molecule has 2 aliphatic rings. The molecule has 1 saturated heterocycles. The van der Waals surface area contributed by atoms with E-state index >= 15 is 0 Å². The zero-order valence-electron chi connectivity index (χ0n) is 12.6. The van der Waals surface area contributed by atoms with E-state index in [4.69, 9.17) is 0 Å². The molecular formula is C17H17N5O. The van der Waals surface area contributed by atoms with Crippen molar-refractivity contribution in [3.05, 3.63) is 52.8 Å². The predicted molar refractivity (Wildman–Crippen MR) is 87.7 cm³/mol. The molecule has 0 radical (unpaired) electrons. The van der Waals surface area contributed by atoms with Crippen molar-refractivity contribution in [3.8, 4) is 0 Å². The second-order valence-electron chi connectivity index (χ2n) is 6.54. The molecule has 2 bridgehead atoms. The number of piperidine rings is 1. The Bertz CT molecular complexity index is 943. The Morgan fingerprint density at radius 3 is 3.04 bits per heavy atom. The summed E-state index contributed by atoms with van der Waals surface area (Å²) < 4.78 is 1.96. The van der Waals surface area contributed by atoms with E-state index in [2.05, 4.69) is 25.9 Å². The lowest BCUT2D eigenvalue weighted by atomic mass is 9.83. The van der Waals surface area contributed by atoms with Crippen molar-refractivity contribution in [2.45, 2.75) is 18.9 Å². The van der Waals surface area contributed by atoms with Crippen molar-refractivity contribution in [3.63, 3.8) is 0 Å². The molecule has 3 aromatic rings. The number of aromatic nitrogens is 4. The molecule has 0 aliphatic carbocycles. The molecule has 3 aromatic heterocycles. The number of anilines is 1. The van der Waals surface area contributed by atoms with Gasteiger partial charge in [-0.25, -0.2) is 9.97 Å². The van der Waals surface area contributed by atoms with E-state index in [0.717, 1.165) is 48.6 Å². The lowest BCUT2D eigenvalue weighted by Gasteiger charge is -2.43. The monoisotopic (exact) mass is 307 g/mol. The SMILES string of the molecule is O=c1cccc2n1C[C@H]1C[C@@H]2CN(c2ncnc3cc[nH]c23)C1. The zero-order chi connectivity index (χ0) is 15.4. The normalized spacial score (nSPS) is 23.0. The van der Waals surface area contributed by atoms with E-state index in [-0.39, 0.29) is 5.56 Å². The molecule has 2 atom stereocenters. The Hall–Kier alpha value is -2.63. The number of H-pyrrole nitrogens is 1. The van der Waals surface area contributed by atoms with E-state index in [1.54, 1.807) is 12.4 Å². The van der Waals surface area contributed by atoms with Gasteiger partial charge in [0.2, 0.25) is 0 Å². The lowest BCUT2D eigenvalue weighted by molar-refractivity contribution is 0.281. The maximum Gasteiger partial charge on any atom is 0.250 e. The van der Waals surface area contributed by atoms with Gasteiger partial charge in [-0.05, 0) is 24.5 Å². The highest BCUT2D eigenvalue weighted by Gasteiger charge is 2.35. The van der Waals surface area contributed by atoms with Crippen LogP contribution in [0.25, 0.3) is 11.0 Å². The molecule has 6 nitrogen and oxygen atoms in total. The van der Waals surface area contributed by atoms with E-state index in [1.807, 2.05) is 22.9 Å². The predicted octanol–water partition coefficient (Wildman–Crippen LogP) is 1.74. The van der Waals surface area contributed by atoms with Gasteiger partial charge in [-0.3, -0.25) is 4.79 Å². The standard InChI is InChI=1S/C17H17N5O/c23-15-3-1-2-14-12-6-11(8-22(14)15)7-21(9-12)17-16-13(4-5-18-16)19-10-20-17/h1-5,10-12,18H,6-9H2/t11-,12+/m0/s1. The summed E-state index contributed by atoms with van der Waals surface area (Å²) in [6, 6.07) is 7.60. The lowest BCUT2D eigenvalue weighted by Crippen LogP contribution is -2.47. The second kappa shape index (κ2) is 4.68. The third kappa shape index (κ3) is 1.91. The molecule has 0 saturated carbocycles. The fraction of sp³-hybridized carbons (Fsp3) is 0.353. The smallest absolute Gasteiger partial charge is 0.250 e. The largest absolute Gasteiger partial charge is 0.357 e. The van der Waals surface area contributed by atoms with E-state index in [1.165, 1.54) is 0 Å². The summed E-state index contributed by atoms with van der Waals surface area (Å²) in [6.07, 6.45) is 4.69. The molecule has 0 spiro atoms. The van der Waals surface area contributed by atoms with E-state index in [0.29, 0.717) is 11.8 Å². The van der Waals surface area contributed by atoms with Crippen molar-refractivity contribution in [1.29, 1.82) is 0 Å². The molecule has 1 N–H and O–H groups in total. The topological polar surface area (TPSA) is 66.8 Å². The Labute approximate surface area is 132 Å². The first-order valence-corrected chi connectivity index (χ1v) is 8.02. The maximum atomic E-state index is 12.1. The summed E-state index contributed by atoms with van der Waals surface area (Å²) in [5.41, 5.74) is 3.23. The number of nitrogens with zero attached hydrogens (tertiary/aromatic N) is 4. The van der Waals surface area contributed by atoms with Crippen LogP contribution in [0.5, 0.6) is 0 Å². The molecule has 6 heteroatoms. The van der Waals surface area contributed by atoms with Crippen LogP contribution in [0.1, 0.15) is 18.0 Å². The highest BCUT2D eigenvalue weighted by atomic mass is 16.1. The van der Waals surface area contributed by atoms with Crippen LogP contribution in [0.4, 0.5) is 5.82 Å². The molecule has 2 aliphatic heterocycles. The van der Waals surface area contributed by atoms with Gasteiger partial charge in [0.05, 0.1) is 5.52 Å². The fourth-order valence-corrected chi connectivity index (χ4v) is 4.17. The summed E-state index contributed by atoms with van der Waals surface area (Å²) in [5, 5.41) is 0. The number of pyridine rings is 1. The number of hydrogen-bond acceptors (Lipinski definition) is 4. The van der Waals surface area contributed by atoms with Gasteiger partial charge in [-0.2, -0.15) is 0 Å². The first kappa shape index (κ1) is 12.9. The highest BCUT2D eigenvalue weighted by molar-refractivity contribution is 5.85. The number of hydrogen-bond donors (Lipinski definition) is 1. The quantitative estimate of drug-likeness (QED) is 0.744. The van der Waals surface area contributed by atoms with Crippen LogP contribution in [0.15, 0.2) is 41.6 Å². The molecule has 116 valence electrons. The van der Waals surface area contributed by atoms with Crippen molar-refractivity contribution in [1.82, 2.24) is 19.5 Å². The number of aromatic amines is 1. The summed E-state index contributed by atoms with van der Waals surface area (Å²) in [6.45, 7) is 2.63. The number of nitrogens with one attached hydrogen (secondary N) is 1. The van der Waals surface area contributed by atoms with E-state index < -0.39 is 0 Å². The van der Waals surface area contributed by atoms with Crippen LogP contribution in [0, 0.1) is 5.92 Å². The Morgan fingerprint density at radius 1 is 1.13 bits per heavy atom. The van der Waals surface area contributed by atoms with Crippen molar-refractivity contribution in [2.24, 2.45) is 5.92 Å². The minimum absolute atomic E-state index is 0.124. The van der Waals surface area contributed by atoms with Crippen molar-refractivity contribution >= 4 is 16.9 Å². The summed E-state index contributed by atoms with van der Waals surface area (Å²) in [7, 11) is 0. The van der Waals surface area contributed by atoms with Gasteiger partial charge in [0, 0.05) is 43.5 Å². The van der Waals surface area contributed by atoms with Crippen LogP contribution in [0.3, 0.4) is 0 Å². The average Bonchev–Trinajstić information content (AvgIpc) is 3.04. The molecular weight excluding hydrogens is 290 g/mol. The minimum Gasteiger partial charge on any atom is -0.357 e. The Morgan fingerprint density at radius 2 is 2.09 bits per heavy atom. The Balaban J connectivity index is 1.57. The molecule has 23 heavy (non-hydrogen) atoms. The third-order valence-electron chi connectivity index (χ3n) is 5.10. The number of fused-ring (bicyclic) bond motifs is 5. The van der Waals surface area contributed by atoms with Crippen LogP contribution in [-0.2, 0) is 6.54 Å². The van der Waals surface area contributed by atoms with Gasteiger partial charge in [-0.15, -0.1) is 0 Å². The molecule has 1 fully saturated rings. The van der Waals surface area contributed by atoms with Crippen LogP contribution < -0.4 is 10.5 Å². The van der Waals surface area contributed by atoms with Gasteiger partial charge in [-0.1, -0.05) is 6.07 Å².